The van der Waals surface area contributed by atoms with Crippen molar-refractivity contribution in [3.8, 4) is 0 Å². The molecule has 9 heteroatoms. The molecule has 0 aromatic carbocycles. The van der Waals surface area contributed by atoms with Gasteiger partial charge >= 0.3 is 0 Å². The van der Waals surface area contributed by atoms with Crippen molar-refractivity contribution in [1.29, 1.82) is 0 Å². The fourth-order valence-corrected chi connectivity index (χ4v) is 5.43. The van der Waals surface area contributed by atoms with Gasteiger partial charge in [-0.2, -0.15) is 0 Å². The van der Waals surface area contributed by atoms with Crippen LogP contribution < -0.4 is 0 Å². The topological polar surface area (TPSA) is 88.4 Å². The molecule has 1 atom stereocenters. The first-order chi connectivity index (χ1) is 12.3. The minimum Gasteiger partial charge on any atom is -0.342 e. The average Bonchev–Trinajstić information content (AvgIpc) is 2.94. The van der Waals surface area contributed by atoms with E-state index in [0.29, 0.717) is 19.4 Å². The maximum absolute atomic E-state index is 12.9. The van der Waals surface area contributed by atoms with E-state index < -0.39 is 9.84 Å². The number of piperidine rings is 1. The minimum absolute atomic E-state index is 0.111. The van der Waals surface area contributed by atoms with E-state index in [4.69, 9.17) is 0 Å². The highest BCUT2D eigenvalue weighted by atomic mass is 32.2. The summed E-state index contributed by atoms with van der Waals surface area (Å²) in [5, 5.41) is 8.69. The van der Waals surface area contributed by atoms with Crippen molar-refractivity contribution in [2.45, 2.75) is 38.1 Å². The largest absolute Gasteiger partial charge is 0.342 e. The first kappa shape index (κ1) is 19.3. The quantitative estimate of drug-likeness (QED) is 0.748. The van der Waals surface area contributed by atoms with Gasteiger partial charge in [0, 0.05) is 32.0 Å². The molecule has 0 radical (unpaired) electrons. The molecular weight excluding hydrogens is 354 g/mol. The van der Waals surface area contributed by atoms with Crippen LogP contribution in [0.3, 0.4) is 0 Å². The third-order valence-electron chi connectivity index (χ3n) is 5.46. The summed E-state index contributed by atoms with van der Waals surface area (Å²) in [6.45, 7) is 2.13. The van der Waals surface area contributed by atoms with E-state index in [2.05, 4.69) is 15.1 Å². The Morgan fingerprint density at radius 1 is 1.19 bits per heavy atom. The lowest BCUT2D eigenvalue weighted by atomic mass is 9.94. The van der Waals surface area contributed by atoms with Crippen molar-refractivity contribution < 1.29 is 13.2 Å². The number of nitrogens with zero attached hydrogens (tertiary/aromatic N) is 5. The van der Waals surface area contributed by atoms with Gasteiger partial charge in [-0.15, -0.1) is 10.2 Å². The molecule has 0 N–H and O–H groups in total. The molecule has 0 spiro atoms. The van der Waals surface area contributed by atoms with Crippen LogP contribution >= 0.6 is 0 Å². The second-order valence-electron chi connectivity index (χ2n) is 7.82. The number of carbonyl (C=O) groups is 1. The molecule has 0 aliphatic carbocycles. The van der Waals surface area contributed by atoms with E-state index in [9.17, 15) is 13.2 Å². The molecule has 0 unspecified atom stereocenters. The smallest absolute Gasteiger partial charge is 0.225 e. The van der Waals surface area contributed by atoms with Crippen LogP contribution in [0.25, 0.3) is 0 Å². The standard InChI is InChI=1S/C17H29N5O3S/c1-20(2)12-15-18-19-16(21(15)3)14-5-4-8-22(11-14)17(23)13-6-9-26(24,25)10-7-13/h13-14H,4-12H2,1-3H3/t14-/m1/s1. The second-order valence-corrected chi connectivity index (χ2v) is 10.1. The molecule has 1 aromatic rings. The predicted molar refractivity (Wildman–Crippen MR) is 98.3 cm³/mol. The zero-order chi connectivity index (χ0) is 18.9. The third-order valence-corrected chi connectivity index (χ3v) is 7.17. The SMILES string of the molecule is CN(C)Cc1nnc([C@@H]2CCCN(C(=O)C3CCS(=O)(=O)CC3)C2)n1C. The Labute approximate surface area is 155 Å². The Hall–Kier alpha value is -1.48. The number of hydrogen-bond donors (Lipinski definition) is 0. The van der Waals surface area contributed by atoms with E-state index in [1.807, 2.05) is 30.6 Å². The molecule has 1 amide bonds. The number of amides is 1. The van der Waals surface area contributed by atoms with E-state index in [1.54, 1.807) is 0 Å². The van der Waals surface area contributed by atoms with Gasteiger partial charge in [0.2, 0.25) is 5.91 Å². The van der Waals surface area contributed by atoms with Crippen molar-refractivity contribution >= 4 is 15.7 Å². The first-order valence-corrected chi connectivity index (χ1v) is 11.1. The molecule has 2 aliphatic heterocycles. The fraction of sp³-hybridized carbons (Fsp3) is 0.824. The van der Waals surface area contributed by atoms with Gasteiger partial charge in [0.15, 0.2) is 0 Å². The van der Waals surface area contributed by atoms with Crippen LogP contribution in [0.1, 0.15) is 43.3 Å². The van der Waals surface area contributed by atoms with Gasteiger partial charge in [-0.1, -0.05) is 0 Å². The van der Waals surface area contributed by atoms with Crippen LogP contribution in [0.15, 0.2) is 0 Å². The van der Waals surface area contributed by atoms with Crippen LogP contribution in [0.5, 0.6) is 0 Å². The Morgan fingerprint density at radius 2 is 1.88 bits per heavy atom. The van der Waals surface area contributed by atoms with Gasteiger partial charge in [0.25, 0.3) is 0 Å². The molecule has 8 nitrogen and oxygen atoms in total. The Morgan fingerprint density at radius 3 is 2.54 bits per heavy atom. The van der Waals surface area contributed by atoms with E-state index in [0.717, 1.165) is 37.6 Å². The Bertz CT molecular complexity index is 744. The van der Waals surface area contributed by atoms with Crippen LogP contribution in [-0.4, -0.2) is 77.6 Å². The maximum Gasteiger partial charge on any atom is 0.225 e. The zero-order valence-corrected chi connectivity index (χ0v) is 16.7. The zero-order valence-electron chi connectivity index (χ0n) is 15.9. The summed E-state index contributed by atoms with van der Waals surface area (Å²) in [7, 11) is 3.04. The molecule has 2 aliphatic rings. The highest BCUT2D eigenvalue weighted by Crippen LogP contribution is 2.29. The summed E-state index contributed by atoms with van der Waals surface area (Å²) in [6.07, 6.45) is 2.85. The van der Waals surface area contributed by atoms with Crippen molar-refractivity contribution in [3.63, 3.8) is 0 Å². The molecule has 3 heterocycles. The van der Waals surface area contributed by atoms with Crippen LogP contribution in [0.2, 0.25) is 0 Å². The molecular formula is C17H29N5O3S. The summed E-state index contributed by atoms with van der Waals surface area (Å²) in [4.78, 5) is 16.8. The van der Waals surface area contributed by atoms with Crippen molar-refractivity contribution in [1.82, 2.24) is 24.6 Å². The molecule has 3 rings (SSSR count). The summed E-state index contributed by atoms with van der Waals surface area (Å²) < 4.78 is 25.3. The van der Waals surface area contributed by atoms with Gasteiger partial charge in [0.1, 0.15) is 21.5 Å². The van der Waals surface area contributed by atoms with Gasteiger partial charge in [-0.3, -0.25) is 4.79 Å². The molecule has 0 bridgehead atoms. The van der Waals surface area contributed by atoms with Gasteiger partial charge < -0.3 is 14.4 Å². The maximum atomic E-state index is 12.9. The highest BCUT2D eigenvalue weighted by molar-refractivity contribution is 7.91. The molecule has 26 heavy (non-hydrogen) atoms. The molecule has 1 aromatic heterocycles. The van der Waals surface area contributed by atoms with Crippen LogP contribution in [0.4, 0.5) is 0 Å². The average molecular weight is 384 g/mol. The van der Waals surface area contributed by atoms with Crippen molar-refractivity contribution in [2.75, 3.05) is 38.7 Å². The monoisotopic (exact) mass is 383 g/mol. The second kappa shape index (κ2) is 7.64. The Kier molecular flexibility index (Phi) is 5.67. The number of aromatic nitrogens is 3. The normalized spacial score (nSPS) is 24.2. The summed E-state index contributed by atoms with van der Waals surface area (Å²) in [6, 6.07) is 0. The van der Waals surface area contributed by atoms with Gasteiger partial charge in [-0.25, -0.2) is 8.42 Å². The van der Waals surface area contributed by atoms with Crippen LogP contribution in [-0.2, 0) is 28.2 Å². The minimum atomic E-state index is -2.94. The lowest BCUT2D eigenvalue weighted by molar-refractivity contribution is -0.137. The lowest BCUT2D eigenvalue weighted by Gasteiger charge is -2.35. The third kappa shape index (κ3) is 4.25. The number of likely N-dealkylation sites (tertiary alicyclic amines) is 1. The van der Waals surface area contributed by atoms with Gasteiger partial charge in [0.05, 0.1) is 18.1 Å². The van der Waals surface area contributed by atoms with Crippen molar-refractivity contribution in [2.24, 2.45) is 13.0 Å². The van der Waals surface area contributed by atoms with Gasteiger partial charge in [-0.05, 0) is 39.8 Å². The number of rotatable bonds is 4. The fourth-order valence-electron chi connectivity index (χ4n) is 3.93. The van der Waals surface area contributed by atoms with E-state index in [-0.39, 0.29) is 29.2 Å². The highest BCUT2D eigenvalue weighted by Gasteiger charge is 2.34. The summed E-state index contributed by atoms with van der Waals surface area (Å²) >= 11 is 0. The summed E-state index contributed by atoms with van der Waals surface area (Å²) in [5.41, 5.74) is 0. The Balaban J connectivity index is 1.66. The molecule has 146 valence electrons. The van der Waals surface area contributed by atoms with E-state index >= 15 is 0 Å². The lowest BCUT2D eigenvalue weighted by Crippen LogP contribution is -2.44. The number of sulfone groups is 1. The molecule has 2 saturated heterocycles. The van der Waals surface area contributed by atoms with Crippen LogP contribution in [0, 0.1) is 5.92 Å². The van der Waals surface area contributed by atoms with E-state index in [1.165, 1.54) is 0 Å². The summed E-state index contributed by atoms with van der Waals surface area (Å²) in [5.74, 6) is 2.28. The molecule has 0 saturated carbocycles. The first-order valence-electron chi connectivity index (χ1n) is 9.29. The molecule has 2 fully saturated rings. The van der Waals surface area contributed by atoms with Crippen molar-refractivity contribution in [3.05, 3.63) is 11.6 Å². The predicted octanol–water partition coefficient (Wildman–Crippen LogP) is 0.408. The number of hydrogen-bond acceptors (Lipinski definition) is 6. The number of carbonyl (C=O) groups excluding carboxylic acids is 1.